The predicted octanol–water partition coefficient (Wildman–Crippen LogP) is 3.66. The lowest BCUT2D eigenvalue weighted by Gasteiger charge is -2.08. The first-order valence-corrected chi connectivity index (χ1v) is 9.56. The second-order valence-corrected chi connectivity index (χ2v) is 7.05. The van der Waals surface area contributed by atoms with Crippen molar-refractivity contribution < 1.29 is 18.7 Å². The third kappa shape index (κ3) is 5.47. The summed E-state index contributed by atoms with van der Waals surface area (Å²) < 4.78 is 18.0. The molecule has 0 radical (unpaired) electrons. The van der Waals surface area contributed by atoms with E-state index < -0.39 is 5.97 Å². The standard InChI is InChI=1S/C21H19FN2O3S/c1-14-4-2-3-5-16(14)11-23-19(25)12-27-20(26)10-18-13-28-21(24-18)15-6-8-17(22)9-7-15/h2-9,13H,10-12H2,1H3,(H,23,25). The number of aromatic nitrogens is 1. The molecular formula is C21H19FN2O3S. The van der Waals surface area contributed by atoms with Gasteiger partial charge in [-0.25, -0.2) is 9.37 Å². The number of thiazole rings is 1. The summed E-state index contributed by atoms with van der Waals surface area (Å²) in [6.07, 6.45) is -0.0250. The van der Waals surface area contributed by atoms with Crippen LogP contribution in [0.3, 0.4) is 0 Å². The summed E-state index contributed by atoms with van der Waals surface area (Å²) in [5.74, 6) is -1.20. The zero-order valence-corrected chi connectivity index (χ0v) is 16.1. The van der Waals surface area contributed by atoms with Crippen LogP contribution in [0.2, 0.25) is 0 Å². The minimum Gasteiger partial charge on any atom is -0.455 e. The monoisotopic (exact) mass is 398 g/mol. The van der Waals surface area contributed by atoms with Crippen LogP contribution in [0, 0.1) is 12.7 Å². The Hall–Kier alpha value is -3.06. The number of nitrogens with one attached hydrogen (secondary N) is 1. The molecule has 0 atom stereocenters. The molecule has 0 bridgehead atoms. The van der Waals surface area contributed by atoms with Crippen LogP contribution in [0.1, 0.15) is 16.8 Å². The van der Waals surface area contributed by atoms with Gasteiger partial charge in [-0.1, -0.05) is 24.3 Å². The summed E-state index contributed by atoms with van der Waals surface area (Å²) in [6.45, 7) is 2.02. The van der Waals surface area contributed by atoms with E-state index in [1.54, 1.807) is 17.5 Å². The van der Waals surface area contributed by atoms with Crippen LogP contribution in [-0.4, -0.2) is 23.5 Å². The second kappa shape index (κ2) is 9.23. The summed E-state index contributed by atoms with van der Waals surface area (Å²) in [4.78, 5) is 28.2. The van der Waals surface area contributed by atoms with Crippen molar-refractivity contribution in [2.24, 2.45) is 0 Å². The molecule has 7 heteroatoms. The number of hydrogen-bond donors (Lipinski definition) is 1. The van der Waals surface area contributed by atoms with Crippen molar-refractivity contribution in [3.05, 3.63) is 76.5 Å². The smallest absolute Gasteiger partial charge is 0.312 e. The fourth-order valence-electron chi connectivity index (χ4n) is 2.51. The zero-order valence-electron chi connectivity index (χ0n) is 15.3. The Kier molecular flexibility index (Phi) is 6.49. The minimum atomic E-state index is -0.526. The summed E-state index contributed by atoms with van der Waals surface area (Å²) >= 11 is 1.36. The van der Waals surface area contributed by atoms with Crippen molar-refractivity contribution in [1.29, 1.82) is 0 Å². The predicted molar refractivity (Wildman–Crippen MR) is 105 cm³/mol. The van der Waals surface area contributed by atoms with Gasteiger partial charge in [0.05, 0.1) is 12.1 Å². The van der Waals surface area contributed by atoms with E-state index in [4.69, 9.17) is 4.74 Å². The molecule has 0 spiro atoms. The topological polar surface area (TPSA) is 68.3 Å². The van der Waals surface area contributed by atoms with Gasteiger partial charge in [-0.15, -0.1) is 11.3 Å². The fraction of sp³-hybridized carbons (Fsp3) is 0.190. The zero-order chi connectivity index (χ0) is 19.9. The first kappa shape index (κ1) is 19.7. The molecule has 1 N–H and O–H groups in total. The Morgan fingerprint density at radius 3 is 2.64 bits per heavy atom. The number of aryl methyl sites for hydroxylation is 1. The van der Waals surface area contributed by atoms with Gasteiger partial charge in [0.15, 0.2) is 6.61 Å². The van der Waals surface area contributed by atoms with E-state index in [-0.39, 0.29) is 24.8 Å². The maximum Gasteiger partial charge on any atom is 0.312 e. The molecule has 28 heavy (non-hydrogen) atoms. The van der Waals surface area contributed by atoms with Crippen LogP contribution in [0.5, 0.6) is 0 Å². The highest BCUT2D eigenvalue weighted by Gasteiger charge is 2.12. The quantitative estimate of drug-likeness (QED) is 0.617. The van der Waals surface area contributed by atoms with Gasteiger partial charge in [0.2, 0.25) is 0 Å². The maximum atomic E-state index is 13.0. The van der Waals surface area contributed by atoms with Crippen molar-refractivity contribution in [2.75, 3.05) is 6.61 Å². The Morgan fingerprint density at radius 1 is 1.14 bits per heavy atom. The van der Waals surface area contributed by atoms with Gasteiger partial charge < -0.3 is 10.1 Å². The lowest BCUT2D eigenvalue weighted by atomic mass is 10.1. The largest absolute Gasteiger partial charge is 0.455 e. The third-order valence-electron chi connectivity index (χ3n) is 4.07. The maximum absolute atomic E-state index is 13.0. The van der Waals surface area contributed by atoms with E-state index in [2.05, 4.69) is 10.3 Å². The van der Waals surface area contributed by atoms with Crippen LogP contribution < -0.4 is 5.32 Å². The number of halogens is 1. The average molecular weight is 398 g/mol. The highest BCUT2D eigenvalue weighted by molar-refractivity contribution is 7.13. The Balaban J connectivity index is 1.45. The summed E-state index contributed by atoms with van der Waals surface area (Å²) in [5.41, 5.74) is 3.43. The van der Waals surface area contributed by atoms with Gasteiger partial charge in [-0.2, -0.15) is 0 Å². The van der Waals surface area contributed by atoms with Crippen molar-refractivity contribution in [2.45, 2.75) is 19.9 Å². The molecule has 1 amide bonds. The van der Waals surface area contributed by atoms with Crippen molar-refractivity contribution >= 4 is 23.2 Å². The number of ether oxygens (including phenoxy) is 1. The van der Waals surface area contributed by atoms with Crippen LogP contribution in [0.15, 0.2) is 53.9 Å². The number of carbonyl (C=O) groups is 2. The lowest BCUT2D eigenvalue weighted by molar-refractivity contribution is -0.147. The summed E-state index contributed by atoms with van der Waals surface area (Å²) in [6, 6.07) is 13.7. The molecule has 0 saturated heterocycles. The molecule has 2 aromatic carbocycles. The highest BCUT2D eigenvalue weighted by Crippen LogP contribution is 2.24. The molecule has 0 saturated carbocycles. The molecule has 1 heterocycles. The van der Waals surface area contributed by atoms with Gasteiger partial charge in [0, 0.05) is 17.5 Å². The van der Waals surface area contributed by atoms with E-state index in [9.17, 15) is 14.0 Å². The average Bonchev–Trinajstić information content (AvgIpc) is 3.14. The third-order valence-corrected chi connectivity index (χ3v) is 5.01. The lowest BCUT2D eigenvalue weighted by Crippen LogP contribution is -2.28. The minimum absolute atomic E-state index is 0.0250. The van der Waals surface area contributed by atoms with Gasteiger partial charge >= 0.3 is 5.97 Å². The number of benzene rings is 2. The molecule has 5 nitrogen and oxygen atoms in total. The van der Waals surface area contributed by atoms with Gasteiger partial charge in [0.25, 0.3) is 5.91 Å². The number of carbonyl (C=O) groups excluding carboxylic acids is 2. The molecular weight excluding hydrogens is 379 g/mol. The summed E-state index contributed by atoms with van der Waals surface area (Å²) in [5, 5.41) is 5.17. The number of esters is 1. The normalized spacial score (nSPS) is 10.5. The number of nitrogens with zero attached hydrogens (tertiary/aromatic N) is 1. The molecule has 0 fully saturated rings. The van der Waals surface area contributed by atoms with Crippen LogP contribution >= 0.6 is 11.3 Å². The number of rotatable bonds is 7. The summed E-state index contributed by atoms with van der Waals surface area (Å²) in [7, 11) is 0. The Bertz CT molecular complexity index is 970. The molecule has 144 valence electrons. The van der Waals surface area contributed by atoms with E-state index in [0.717, 1.165) is 16.7 Å². The van der Waals surface area contributed by atoms with Crippen LogP contribution in [0.25, 0.3) is 10.6 Å². The van der Waals surface area contributed by atoms with Crippen LogP contribution in [-0.2, 0) is 27.3 Å². The SMILES string of the molecule is Cc1ccccc1CNC(=O)COC(=O)Cc1csc(-c2ccc(F)cc2)n1. The highest BCUT2D eigenvalue weighted by atomic mass is 32.1. The van der Waals surface area contributed by atoms with E-state index in [0.29, 0.717) is 17.2 Å². The van der Waals surface area contributed by atoms with Crippen molar-refractivity contribution in [3.63, 3.8) is 0 Å². The van der Waals surface area contributed by atoms with E-state index in [1.165, 1.54) is 23.5 Å². The molecule has 0 unspecified atom stereocenters. The first-order chi connectivity index (χ1) is 13.5. The first-order valence-electron chi connectivity index (χ1n) is 8.68. The van der Waals surface area contributed by atoms with Crippen molar-refractivity contribution in [1.82, 2.24) is 10.3 Å². The molecule has 0 aliphatic rings. The Labute approximate surface area is 166 Å². The molecule has 1 aromatic heterocycles. The van der Waals surface area contributed by atoms with Crippen LogP contribution in [0.4, 0.5) is 4.39 Å². The molecule has 3 rings (SSSR count). The van der Waals surface area contributed by atoms with Gasteiger partial charge in [-0.05, 0) is 42.3 Å². The van der Waals surface area contributed by atoms with Crippen molar-refractivity contribution in [3.8, 4) is 10.6 Å². The van der Waals surface area contributed by atoms with E-state index in [1.807, 2.05) is 31.2 Å². The second-order valence-electron chi connectivity index (χ2n) is 6.19. The van der Waals surface area contributed by atoms with E-state index >= 15 is 0 Å². The molecule has 0 aliphatic heterocycles. The fourth-order valence-corrected chi connectivity index (χ4v) is 3.34. The Morgan fingerprint density at radius 2 is 1.89 bits per heavy atom. The number of amides is 1. The molecule has 0 aliphatic carbocycles. The molecule has 3 aromatic rings. The van der Waals surface area contributed by atoms with Gasteiger partial charge in [-0.3, -0.25) is 9.59 Å². The number of hydrogen-bond acceptors (Lipinski definition) is 5. The van der Waals surface area contributed by atoms with Gasteiger partial charge in [0.1, 0.15) is 10.8 Å².